The lowest BCUT2D eigenvalue weighted by molar-refractivity contribution is 0.438. The van der Waals surface area contributed by atoms with Crippen LogP contribution >= 0.6 is 11.6 Å². The summed E-state index contributed by atoms with van der Waals surface area (Å²) < 4.78 is 0. The molecule has 0 unspecified atom stereocenters. The van der Waals surface area contributed by atoms with Crippen molar-refractivity contribution in [3.05, 3.63) is 40.9 Å². The molecule has 2 heteroatoms. The maximum absolute atomic E-state index is 5.92. The Kier molecular flexibility index (Phi) is 3.81. The van der Waals surface area contributed by atoms with Gasteiger partial charge in [-0.3, -0.25) is 0 Å². The van der Waals surface area contributed by atoms with Crippen molar-refractivity contribution in [3.63, 3.8) is 0 Å². The molecule has 0 radical (unpaired) electrons. The van der Waals surface area contributed by atoms with E-state index in [1.807, 2.05) is 18.2 Å². The minimum absolute atomic E-state index is 0.727. The molecule has 15 heavy (non-hydrogen) atoms. The first-order valence-electron chi connectivity index (χ1n) is 5.49. The Balaban J connectivity index is 1.97. The van der Waals surface area contributed by atoms with E-state index in [9.17, 15) is 0 Å². The van der Waals surface area contributed by atoms with Crippen LogP contribution in [0, 0.1) is 5.92 Å². The zero-order valence-corrected chi connectivity index (χ0v) is 9.50. The van der Waals surface area contributed by atoms with Gasteiger partial charge in [-0.05, 0) is 49.5 Å². The van der Waals surface area contributed by atoms with Crippen molar-refractivity contribution in [2.75, 3.05) is 13.1 Å². The van der Waals surface area contributed by atoms with Crippen LogP contribution < -0.4 is 5.32 Å². The summed E-state index contributed by atoms with van der Waals surface area (Å²) in [5.74, 6) is 0.727. The summed E-state index contributed by atoms with van der Waals surface area (Å²) in [5.41, 5.74) is 1.20. The smallest absolute Gasteiger partial charge is 0.0411 e. The molecule has 1 aliphatic heterocycles. The molecule has 2 rings (SSSR count). The fourth-order valence-electron chi connectivity index (χ4n) is 1.89. The first-order chi connectivity index (χ1) is 7.34. The summed E-state index contributed by atoms with van der Waals surface area (Å²) in [7, 11) is 0. The lowest BCUT2D eigenvalue weighted by Gasteiger charge is -2.19. The molecular formula is C13H16ClN. The summed E-state index contributed by atoms with van der Waals surface area (Å²) in [6, 6.07) is 7.98. The molecule has 1 aromatic rings. The molecule has 1 heterocycles. The minimum atomic E-state index is 0.727. The summed E-state index contributed by atoms with van der Waals surface area (Å²) in [4.78, 5) is 0. The number of piperidine rings is 1. The van der Waals surface area contributed by atoms with Gasteiger partial charge in [-0.2, -0.15) is 0 Å². The Morgan fingerprint density at radius 2 is 2.07 bits per heavy atom. The van der Waals surface area contributed by atoms with Gasteiger partial charge in [0.25, 0.3) is 0 Å². The van der Waals surface area contributed by atoms with E-state index < -0.39 is 0 Å². The molecule has 1 saturated heterocycles. The number of nitrogens with one attached hydrogen (secondary N) is 1. The molecular weight excluding hydrogens is 206 g/mol. The highest BCUT2D eigenvalue weighted by Gasteiger charge is 2.08. The second kappa shape index (κ2) is 5.34. The number of hydrogen-bond donors (Lipinski definition) is 1. The Bertz CT molecular complexity index is 340. The molecule has 0 bridgehead atoms. The van der Waals surface area contributed by atoms with Crippen molar-refractivity contribution in [2.24, 2.45) is 5.92 Å². The number of halogens is 1. The van der Waals surface area contributed by atoms with Crippen molar-refractivity contribution in [1.29, 1.82) is 0 Å². The highest BCUT2D eigenvalue weighted by molar-refractivity contribution is 6.30. The van der Waals surface area contributed by atoms with Crippen molar-refractivity contribution < 1.29 is 0 Å². The van der Waals surface area contributed by atoms with Crippen LogP contribution in [0.15, 0.2) is 30.3 Å². The molecule has 0 aromatic heterocycles. The monoisotopic (exact) mass is 221 g/mol. The van der Waals surface area contributed by atoms with Crippen LogP contribution in [0.3, 0.4) is 0 Å². The Morgan fingerprint density at radius 1 is 1.27 bits per heavy atom. The third-order valence-corrected chi connectivity index (χ3v) is 3.03. The quantitative estimate of drug-likeness (QED) is 0.808. The topological polar surface area (TPSA) is 12.0 Å². The first kappa shape index (κ1) is 10.7. The maximum Gasteiger partial charge on any atom is 0.0411 e. The number of rotatable bonds is 2. The Labute approximate surface area is 96.1 Å². The van der Waals surface area contributed by atoms with Crippen LogP contribution in [-0.2, 0) is 0 Å². The largest absolute Gasteiger partial charge is 0.317 e. The van der Waals surface area contributed by atoms with E-state index in [-0.39, 0.29) is 0 Å². The molecule has 0 spiro atoms. The first-order valence-corrected chi connectivity index (χ1v) is 5.87. The second-order valence-electron chi connectivity index (χ2n) is 4.00. The average molecular weight is 222 g/mol. The Morgan fingerprint density at radius 3 is 2.80 bits per heavy atom. The van der Waals surface area contributed by atoms with E-state index in [2.05, 4.69) is 23.5 Å². The van der Waals surface area contributed by atoms with Gasteiger partial charge in [-0.15, -0.1) is 0 Å². The van der Waals surface area contributed by atoms with Gasteiger partial charge in [0.15, 0.2) is 0 Å². The highest BCUT2D eigenvalue weighted by atomic mass is 35.5. The van der Waals surface area contributed by atoms with Gasteiger partial charge in [-0.1, -0.05) is 35.9 Å². The van der Waals surface area contributed by atoms with Gasteiger partial charge in [0.05, 0.1) is 0 Å². The minimum Gasteiger partial charge on any atom is -0.317 e. The lowest BCUT2D eigenvalue weighted by Crippen LogP contribution is -2.26. The van der Waals surface area contributed by atoms with E-state index in [0.29, 0.717) is 0 Å². The van der Waals surface area contributed by atoms with E-state index in [1.54, 1.807) is 0 Å². The van der Waals surface area contributed by atoms with Gasteiger partial charge < -0.3 is 5.32 Å². The molecule has 0 amide bonds. The molecule has 1 aliphatic rings. The van der Waals surface area contributed by atoms with E-state index in [1.165, 1.54) is 18.4 Å². The third-order valence-electron chi connectivity index (χ3n) is 2.79. The molecule has 0 aliphatic carbocycles. The number of hydrogen-bond acceptors (Lipinski definition) is 1. The van der Waals surface area contributed by atoms with Crippen molar-refractivity contribution in [3.8, 4) is 0 Å². The molecule has 1 N–H and O–H groups in total. The highest BCUT2D eigenvalue weighted by Crippen LogP contribution is 2.17. The van der Waals surface area contributed by atoms with Gasteiger partial charge in [0.1, 0.15) is 0 Å². The summed E-state index contributed by atoms with van der Waals surface area (Å²) >= 11 is 5.92. The maximum atomic E-state index is 5.92. The van der Waals surface area contributed by atoms with Crippen LogP contribution in [0.2, 0.25) is 5.02 Å². The third kappa shape index (κ3) is 3.37. The van der Waals surface area contributed by atoms with E-state index in [4.69, 9.17) is 11.6 Å². The molecule has 1 aromatic carbocycles. The van der Waals surface area contributed by atoms with Gasteiger partial charge in [0.2, 0.25) is 0 Å². The summed E-state index contributed by atoms with van der Waals surface area (Å²) in [6.45, 7) is 2.29. The predicted molar refractivity (Wildman–Crippen MR) is 66.1 cm³/mol. The fraction of sp³-hybridized carbons (Fsp3) is 0.385. The molecule has 1 nitrogen and oxygen atoms in total. The standard InChI is InChI=1S/C13H16ClN/c14-13-3-1-2-12(10-13)5-4-11-6-8-15-9-7-11/h1-5,10-11,15H,6-9H2/b5-4+. The predicted octanol–water partition coefficient (Wildman–Crippen LogP) is 3.35. The van der Waals surface area contributed by atoms with Gasteiger partial charge >= 0.3 is 0 Å². The van der Waals surface area contributed by atoms with Gasteiger partial charge in [-0.25, -0.2) is 0 Å². The molecule has 1 fully saturated rings. The van der Waals surface area contributed by atoms with Crippen molar-refractivity contribution in [1.82, 2.24) is 5.32 Å². The van der Waals surface area contributed by atoms with Gasteiger partial charge in [0, 0.05) is 5.02 Å². The Hall–Kier alpha value is -0.790. The van der Waals surface area contributed by atoms with Crippen LogP contribution in [0.1, 0.15) is 18.4 Å². The fourth-order valence-corrected chi connectivity index (χ4v) is 2.09. The zero-order valence-electron chi connectivity index (χ0n) is 8.75. The van der Waals surface area contributed by atoms with Crippen LogP contribution in [-0.4, -0.2) is 13.1 Å². The van der Waals surface area contributed by atoms with Crippen LogP contribution in [0.25, 0.3) is 6.08 Å². The molecule has 0 saturated carbocycles. The lowest BCUT2D eigenvalue weighted by atomic mass is 9.97. The molecule has 0 atom stereocenters. The van der Waals surface area contributed by atoms with Crippen molar-refractivity contribution in [2.45, 2.75) is 12.8 Å². The summed E-state index contributed by atoms with van der Waals surface area (Å²) in [5, 5.41) is 4.17. The zero-order chi connectivity index (χ0) is 10.5. The van der Waals surface area contributed by atoms with Crippen LogP contribution in [0.4, 0.5) is 0 Å². The number of benzene rings is 1. The van der Waals surface area contributed by atoms with Crippen LogP contribution in [0.5, 0.6) is 0 Å². The SMILES string of the molecule is Clc1cccc(/C=C/C2CCNCC2)c1. The second-order valence-corrected chi connectivity index (χ2v) is 4.44. The van der Waals surface area contributed by atoms with E-state index in [0.717, 1.165) is 24.0 Å². The molecule has 80 valence electrons. The van der Waals surface area contributed by atoms with Crippen molar-refractivity contribution >= 4 is 17.7 Å². The average Bonchev–Trinajstić information content (AvgIpc) is 2.28. The normalized spacial score (nSPS) is 18.5. The number of allylic oxidation sites excluding steroid dienone is 1. The summed E-state index contributed by atoms with van der Waals surface area (Å²) in [6.07, 6.45) is 6.99. The van der Waals surface area contributed by atoms with E-state index >= 15 is 0 Å².